The molecular formula is C11H10F4N2O2. The summed E-state index contributed by atoms with van der Waals surface area (Å²) in [5.41, 5.74) is 0.113. The molecule has 0 aromatic heterocycles. The molecule has 0 bridgehead atoms. The number of amides is 2. The summed E-state index contributed by atoms with van der Waals surface area (Å²) >= 11 is 0. The van der Waals surface area contributed by atoms with Gasteiger partial charge in [0.05, 0.1) is 0 Å². The quantitative estimate of drug-likeness (QED) is 0.831. The van der Waals surface area contributed by atoms with Gasteiger partial charge in [-0.1, -0.05) is 6.07 Å². The van der Waals surface area contributed by atoms with Crippen LogP contribution in [0.15, 0.2) is 24.3 Å². The van der Waals surface area contributed by atoms with Crippen molar-refractivity contribution in [1.29, 1.82) is 0 Å². The topological polar surface area (TPSA) is 58.2 Å². The van der Waals surface area contributed by atoms with Gasteiger partial charge in [-0.2, -0.15) is 8.78 Å². The molecule has 2 amide bonds. The Hall–Kier alpha value is -2.12. The van der Waals surface area contributed by atoms with Crippen molar-refractivity contribution in [1.82, 2.24) is 0 Å². The minimum Gasteiger partial charge on any atom is -0.326 e. The van der Waals surface area contributed by atoms with Crippen LogP contribution < -0.4 is 10.6 Å². The van der Waals surface area contributed by atoms with Gasteiger partial charge in [0.15, 0.2) is 0 Å². The van der Waals surface area contributed by atoms with Crippen molar-refractivity contribution >= 4 is 23.2 Å². The van der Waals surface area contributed by atoms with E-state index in [1.54, 1.807) is 5.32 Å². The van der Waals surface area contributed by atoms with Crippen LogP contribution in [0.3, 0.4) is 0 Å². The van der Waals surface area contributed by atoms with Gasteiger partial charge in [0.2, 0.25) is 5.91 Å². The van der Waals surface area contributed by atoms with Crippen molar-refractivity contribution in [2.75, 3.05) is 10.6 Å². The maximum Gasteiger partial charge on any atom is 0.383 e. The van der Waals surface area contributed by atoms with Gasteiger partial charge in [0.1, 0.15) is 0 Å². The molecule has 19 heavy (non-hydrogen) atoms. The minimum absolute atomic E-state index is 0.128. The fraction of sp³-hybridized carbons (Fsp3) is 0.273. The molecule has 0 spiro atoms. The summed E-state index contributed by atoms with van der Waals surface area (Å²) in [7, 11) is 0. The Balaban J connectivity index is 2.83. The lowest BCUT2D eigenvalue weighted by Gasteiger charge is -2.15. The van der Waals surface area contributed by atoms with Crippen molar-refractivity contribution < 1.29 is 27.2 Å². The number of rotatable bonds is 4. The Bertz CT molecular complexity index is 491. The number of carbonyl (C=O) groups is 2. The van der Waals surface area contributed by atoms with Crippen LogP contribution in [-0.4, -0.2) is 24.2 Å². The molecule has 0 saturated heterocycles. The van der Waals surface area contributed by atoms with Gasteiger partial charge in [-0.3, -0.25) is 9.59 Å². The number of hydrogen-bond donors (Lipinski definition) is 2. The molecule has 0 saturated carbocycles. The van der Waals surface area contributed by atoms with E-state index < -0.39 is 24.2 Å². The lowest BCUT2D eigenvalue weighted by molar-refractivity contribution is -0.163. The first-order chi connectivity index (χ1) is 8.73. The number of benzene rings is 1. The number of nitrogens with one attached hydrogen (secondary N) is 2. The summed E-state index contributed by atoms with van der Waals surface area (Å²) in [6, 6.07) is 5.20. The van der Waals surface area contributed by atoms with E-state index in [1.807, 2.05) is 0 Å². The first-order valence-electron chi connectivity index (χ1n) is 5.08. The second kappa shape index (κ2) is 5.68. The van der Waals surface area contributed by atoms with Gasteiger partial charge < -0.3 is 10.6 Å². The van der Waals surface area contributed by atoms with Crippen LogP contribution in [0.1, 0.15) is 6.92 Å². The summed E-state index contributed by atoms with van der Waals surface area (Å²) in [6.07, 6.45) is -4.09. The Morgan fingerprint density at radius 3 is 2.16 bits per heavy atom. The maximum absolute atomic E-state index is 12.7. The molecule has 104 valence electrons. The standard InChI is InChI=1S/C11H10F4N2O2/c1-6(18)16-7-3-2-4-8(5-7)17-10(19)11(14,15)9(12)13/h2-5,9H,1H3,(H,16,18)(H,17,19). The lowest BCUT2D eigenvalue weighted by Crippen LogP contribution is -2.40. The van der Waals surface area contributed by atoms with Crippen molar-refractivity contribution in [2.45, 2.75) is 19.3 Å². The van der Waals surface area contributed by atoms with Gasteiger partial charge in [-0.05, 0) is 18.2 Å². The predicted molar refractivity (Wildman–Crippen MR) is 60.3 cm³/mol. The highest BCUT2D eigenvalue weighted by atomic mass is 19.3. The zero-order chi connectivity index (χ0) is 14.6. The van der Waals surface area contributed by atoms with Crippen LogP contribution in [-0.2, 0) is 9.59 Å². The summed E-state index contributed by atoms with van der Waals surface area (Å²) in [4.78, 5) is 21.8. The minimum atomic E-state index is -4.77. The third-order valence-corrected chi connectivity index (χ3v) is 2.02. The molecule has 0 fully saturated rings. The molecule has 0 aliphatic rings. The number of anilines is 2. The van der Waals surface area contributed by atoms with Crippen LogP contribution in [0, 0.1) is 0 Å². The Kier molecular flexibility index (Phi) is 4.47. The monoisotopic (exact) mass is 278 g/mol. The average molecular weight is 278 g/mol. The highest BCUT2D eigenvalue weighted by Gasteiger charge is 2.48. The zero-order valence-electron chi connectivity index (χ0n) is 9.72. The van der Waals surface area contributed by atoms with E-state index in [2.05, 4.69) is 5.32 Å². The summed E-state index contributed by atoms with van der Waals surface area (Å²) < 4.78 is 49.3. The van der Waals surface area contributed by atoms with Crippen LogP contribution in [0.25, 0.3) is 0 Å². The normalized spacial score (nSPS) is 11.3. The van der Waals surface area contributed by atoms with Crippen LogP contribution in [0.4, 0.5) is 28.9 Å². The van der Waals surface area contributed by atoms with Crippen molar-refractivity contribution in [3.05, 3.63) is 24.3 Å². The second-order valence-electron chi connectivity index (χ2n) is 3.64. The van der Waals surface area contributed by atoms with E-state index in [9.17, 15) is 27.2 Å². The fourth-order valence-electron chi connectivity index (χ4n) is 1.19. The SMILES string of the molecule is CC(=O)Nc1cccc(NC(=O)C(F)(F)C(F)F)c1. The smallest absolute Gasteiger partial charge is 0.326 e. The third kappa shape index (κ3) is 3.94. The molecule has 0 unspecified atom stereocenters. The van der Waals surface area contributed by atoms with Gasteiger partial charge in [0.25, 0.3) is 0 Å². The van der Waals surface area contributed by atoms with Gasteiger partial charge in [-0.25, -0.2) is 8.78 Å². The van der Waals surface area contributed by atoms with Crippen LogP contribution in [0.5, 0.6) is 0 Å². The van der Waals surface area contributed by atoms with E-state index in [0.29, 0.717) is 0 Å². The molecular weight excluding hydrogens is 268 g/mol. The molecule has 0 aliphatic heterocycles. The Morgan fingerprint density at radius 1 is 1.16 bits per heavy atom. The maximum atomic E-state index is 12.7. The van der Waals surface area contributed by atoms with E-state index in [0.717, 1.165) is 0 Å². The Morgan fingerprint density at radius 2 is 1.68 bits per heavy atom. The number of alkyl halides is 4. The van der Waals surface area contributed by atoms with Crippen molar-refractivity contribution in [3.8, 4) is 0 Å². The molecule has 1 aromatic carbocycles. The molecule has 0 radical (unpaired) electrons. The first-order valence-corrected chi connectivity index (χ1v) is 5.08. The molecule has 0 heterocycles. The number of hydrogen-bond acceptors (Lipinski definition) is 2. The Labute approximate surface area is 105 Å². The average Bonchev–Trinajstić information content (AvgIpc) is 2.28. The molecule has 2 N–H and O–H groups in total. The van der Waals surface area contributed by atoms with Gasteiger partial charge in [-0.15, -0.1) is 0 Å². The molecule has 1 aromatic rings. The third-order valence-electron chi connectivity index (χ3n) is 2.02. The molecule has 1 rings (SSSR count). The van der Waals surface area contributed by atoms with Crippen LogP contribution in [0.2, 0.25) is 0 Å². The first kappa shape index (κ1) is 14.9. The predicted octanol–water partition coefficient (Wildman–Crippen LogP) is 2.48. The summed E-state index contributed by atoms with van der Waals surface area (Å²) in [6.45, 7) is 1.23. The number of halogens is 4. The highest BCUT2D eigenvalue weighted by molar-refractivity contribution is 5.97. The molecule has 0 aliphatic carbocycles. The molecule has 0 atom stereocenters. The largest absolute Gasteiger partial charge is 0.383 e. The van der Waals surface area contributed by atoms with E-state index in [1.165, 1.54) is 31.2 Å². The molecule has 8 heteroatoms. The lowest BCUT2D eigenvalue weighted by atomic mass is 10.2. The summed E-state index contributed by atoms with van der Waals surface area (Å²) in [5, 5.41) is 4.01. The van der Waals surface area contributed by atoms with Crippen molar-refractivity contribution in [3.63, 3.8) is 0 Å². The zero-order valence-corrected chi connectivity index (χ0v) is 9.72. The van der Waals surface area contributed by atoms with Crippen LogP contribution >= 0.6 is 0 Å². The fourth-order valence-corrected chi connectivity index (χ4v) is 1.19. The number of carbonyl (C=O) groups excluding carboxylic acids is 2. The van der Waals surface area contributed by atoms with Gasteiger partial charge >= 0.3 is 18.3 Å². The second-order valence-corrected chi connectivity index (χ2v) is 3.64. The van der Waals surface area contributed by atoms with Gasteiger partial charge in [0, 0.05) is 18.3 Å². The van der Waals surface area contributed by atoms with Crippen molar-refractivity contribution in [2.24, 2.45) is 0 Å². The van der Waals surface area contributed by atoms with E-state index in [4.69, 9.17) is 0 Å². The van der Waals surface area contributed by atoms with E-state index >= 15 is 0 Å². The van der Waals surface area contributed by atoms with E-state index in [-0.39, 0.29) is 11.4 Å². The highest BCUT2D eigenvalue weighted by Crippen LogP contribution is 2.25. The summed E-state index contributed by atoms with van der Waals surface area (Å²) in [5.74, 6) is -7.28. The molecule has 4 nitrogen and oxygen atoms in total.